The zero-order valence-electron chi connectivity index (χ0n) is 15.3. The zero-order valence-corrected chi connectivity index (χ0v) is 16.1. The SMILES string of the molecule is CC(=O)Nc1ccc(NC(=O)CSC2=N[C@H](c3ccccc3)CC(=O)N2)cc1. The maximum absolute atomic E-state index is 12.2. The first kappa shape index (κ1) is 19.6. The highest BCUT2D eigenvalue weighted by atomic mass is 32.2. The van der Waals surface area contributed by atoms with Gasteiger partial charge in [0, 0.05) is 18.3 Å². The van der Waals surface area contributed by atoms with Crippen molar-refractivity contribution < 1.29 is 14.4 Å². The van der Waals surface area contributed by atoms with Crippen LogP contribution in [0.2, 0.25) is 0 Å². The number of carbonyl (C=O) groups excluding carboxylic acids is 3. The number of hydrogen-bond acceptors (Lipinski definition) is 5. The number of hydrogen-bond donors (Lipinski definition) is 3. The molecule has 0 aliphatic carbocycles. The van der Waals surface area contributed by atoms with Gasteiger partial charge in [-0.05, 0) is 29.8 Å². The van der Waals surface area contributed by atoms with Crippen molar-refractivity contribution in [2.24, 2.45) is 4.99 Å². The number of aliphatic imine (C=N–C) groups is 1. The summed E-state index contributed by atoms with van der Waals surface area (Å²) in [4.78, 5) is 39.7. The average Bonchev–Trinajstić information content (AvgIpc) is 2.68. The molecule has 144 valence electrons. The molecule has 1 aliphatic rings. The van der Waals surface area contributed by atoms with E-state index in [-0.39, 0.29) is 29.5 Å². The predicted molar refractivity (Wildman–Crippen MR) is 111 cm³/mol. The monoisotopic (exact) mass is 396 g/mol. The van der Waals surface area contributed by atoms with Crippen LogP contribution < -0.4 is 16.0 Å². The lowest BCUT2D eigenvalue weighted by Crippen LogP contribution is -2.35. The molecule has 1 aliphatic heterocycles. The van der Waals surface area contributed by atoms with E-state index >= 15 is 0 Å². The molecule has 0 fully saturated rings. The van der Waals surface area contributed by atoms with Gasteiger partial charge in [-0.2, -0.15) is 0 Å². The average molecular weight is 396 g/mol. The second-order valence-electron chi connectivity index (χ2n) is 6.21. The largest absolute Gasteiger partial charge is 0.326 e. The van der Waals surface area contributed by atoms with Gasteiger partial charge in [0.2, 0.25) is 17.7 Å². The zero-order chi connectivity index (χ0) is 19.9. The first-order valence-electron chi connectivity index (χ1n) is 8.72. The van der Waals surface area contributed by atoms with E-state index in [0.29, 0.717) is 23.0 Å². The fourth-order valence-electron chi connectivity index (χ4n) is 2.68. The first-order chi connectivity index (χ1) is 13.5. The smallest absolute Gasteiger partial charge is 0.234 e. The topological polar surface area (TPSA) is 99.7 Å². The highest BCUT2D eigenvalue weighted by Crippen LogP contribution is 2.25. The molecule has 0 saturated heterocycles. The summed E-state index contributed by atoms with van der Waals surface area (Å²) in [5, 5.41) is 8.60. The van der Waals surface area contributed by atoms with Gasteiger partial charge >= 0.3 is 0 Å². The van der Waals surface area contributed by atoms with Crippen molar-refractivity contribution >= 4 is 46.0 Å². The van der Waals surface area contributed by atoms with Crippen LogP contribution in [0.1, 0.15) is 24.9 Å². The molecule has 0 bridgehead atoms. The molecule has 1 atom stereocenters. The Morgan fingerprint density at radius 1 is 1.07 bits per heavy atom. The van der Waals surface area contributed by atoms with Crippen molar-refractivity contribution in [1.29, 1.82) is 0 Å². The summed E-state index contributed by atoms with van der Waals surface area (Å²) in [6.45, 7) is 1.43. The number of amidine groups is 1. The van der Waals surface area contributed by atoms with Gasteiger partial charge in [-0.25, -0.2) is 0 Å². The third-order valence-corrected chi connectivity index (χ3v) is 4.80. The second-order valence-corrected chi connectivity index (χ2v) is 7.17. The summed E-state index contributed by atoms with van der Waals surface area (Å²) in [5.74, 6) is -0.359. The predicted octanol–water partition coefficient (Wildman–Crippen LogP) is 2.93. The molecule has 3 rings (SSSR count). The molecular formula is C20H20N4O3S. The van der Waals surface area contributed by atoms with Crippen molar-refractivity contribution in [2.45, 2.75) is 19.4 Å². The Labute approximate surface area is 167 Å². The molecule has 2 aromatic rings. The molecule has 0 unspecified atom stereocenters. The maximum Gasteiger partial charge on any atom is 0.234 e. The highest BCUT2D eigenvalue weighted by Gasteiger charge is 2.23. The summed E-state index contributed by atoms with van der Waals surface area (Å²) in [5.41, 5.74) is 2.25. The third kappa shape index (κ3) is 5.68. The van der Waals surface area contributed by atoms with Gasteiger partial charge in [0.05, 0.1) is 18.2 Å². The van der Waals surface area contributed by atoms with Crippen molar-refractivity contribution in [3.05, 3.63) is 60.2 Å². The maximum atomic E-state index is 12.2. The number of thioether (sulfide) groups is 1. The number of anilines is 2. The van der Waals surface area contributed by atoms with E-state index in [0.717, 1.165) is 5.56 Å². The number of rotatable bonds is 5. The van der Waals surface area contributed by atoms with Crippen LogP contribution in [0.5, 0.6) is 0 Å². The Hall–Kier alpha value is -3.13. The molecule has 0 spiro atoms. The quantitative estimate of drug-likeness (QED) is 0.723. The lowest BCUT2D eigenvalue weighted by Gasteiger charge is -2.20. The van der Waals surface area contributed by atoms with Crippen LogP contribution in [0.15, 0.2) is 59.6 Å². The summed E-state index contributed by atoms with van der Waals surface area (Å²) in [7, 11) is 0. The van der Waals surface area contributed by atoms with Crippen molar-refractivity contribution in [3.8, 4) is 0 Å². The van der Waals surface area contributed by atoms with Gasteiger partial charge in [-0.1, -0.05) is 42.1 Å². The van der Waals surface area contributed by atoms with Gasteiger partial charge in [0.15, 0.2) is 5.17 Å². The first-order valence-corrected chi connectivity index (χ1v) is 9.71. The number of nitrogens with zero attached hydrogens (tertiary/aromatic N) is 1. The molecule has 8 heteroatoms. The van der Waals surface area contributed by atoms with Crippen LogP contribution in [0.25, 0.3) is 0 Å². The van der Waals surface area contributed by atoms with Gasteiger partial charge < -0.3 is 16.0 Å². The van der Waals surface area contributed by atoms with Crippen LogP contribution in [-0.2, 0) is 14.4 Å². The Kier molecular flexibility index (Phi) is 6.44. The van der Waals surface area contributed by atoms with Crippen LogP contribution in [-0.4, -0.2) is 28.6 Å². The van der Waals surface area contributed by atoms with E-state index in [9.17, 15) is 14.4 Å². The minimum atomic E-state index is -0.234. The molecule has 7 nitrogen and oxygen atoms in total. The van der Waals surface area contributed by atoms with Gasteiger partial charge in [-0.15, -0.1) is 0 Å². The number of carbonyl (C=O) groups is 3. The fraction of sp³-hybridized carbons (Fsp3) is 0.200. The lowest BCUT2D eigenvalue weighted by atomic mass is 10.0. The molecule has 28 heavy (non-hydrogen) atoms. The highest BCUT2D eigenvalue weighted by molar-refractivity contribution is 8.14. The summed E-state index contributed by atoms with van der Waals surface area (Å²) < 4.78 is 0. The van der Waals surface area contributed by atoms with Crippen molar-refractivity contribution in [1.82, 2.24) is 5.32 Å². The molecule has 1 heterocycles. The van der Waals surface area contributed by atoms with Crippen LogP contribution in [0.4, 0.5) is 11.4 Å². The van der Waals surface area contributed by atoms with E-state index in [2.05, 4.69) is 20.9 Å². The molecule has 0 radical (unpaired) electrons. The molecule has 3 amide bonds. The lowest BCUT2D eigenvalue weighted by molar-refractivity contribution is -0.120. The van der Waals surface area contributed by atoms with Crippen molar-refractivity contribution in [3.63, 3.8) is 0 Å². The van der Waals surface area contributed by atoms with E-state index in [1.807, 2.05) is 30.3 Å². The summed E-state index contributed by atoms with van der Waals surface area (Å²) >= 11 is 1.19. The molecule has 3 N–H and O–H groups in total. The second kappa shape index (κ2) is 9.18. The molecular weight excluding hydrogens is 376 g/mol. The normalized spacial score (nSPS) is 16.0. The summed E-state index contributed by atoms with van der Waals surface area (Å²) in [6.07, 6.45) is 0.293. The van der Waals surface area contributed by atoms with Crippen LogP contribution >= 0.6 is 11.8 Å². The van der Waals surface area contributed by atoms with Crippen molar-refractivity contribution in [2.75, 3.05) is 16.4 Å². The van der Waals surface area contributed by atoms with Gasteiger partial charge in [0.1, 0.15) is 0 Å². The number of amides is 3. The van der Waals surface area contributed by atoms with Crippen LogP contribution in [0.3, 0.4) is 0 Å². The Morgan fingerprint density at radius 3 is 2.36 bits per heavy atom. The Balaban J connectivity index is 1.55. The van der Waals surface area contributed by atoms with Crippen LogP contribution in [0, 0.1) is 0 Å². The Bertz CT molecular complexity index is 897. The number of benzene rings is 2. The minimum Gasteiger partial charge on any atom is -0.326 e. The van der Waals surface area contributed by atoms with E-state index in [4.69, 9.17) is 0 Å². The van der Waals surface area contributed by atoms with Gasteiger partial charge in [-0.3, -0.25) is 19.4 Å². The third-order valence-electron chi connectivity index (χ3n) is 3.91. The van der Waals surface area contributed by atoms with E-state index in [1.54, 1.807) is 24.3 Å². The fourth-order valence-corrected chi connectivity index (χ4v) is 3.41. The molecule has 0 aromatic heterocycles. The van der Waals surface area contributed by atoms with E-state index in [1.165, 1.54) is 18.7 Å². The number of nitrogens with one attached hydrogen (secondary N) is 3. The van der Waals surface area contributed by atoms with Gasteiger partial charge in [0.25, 0.3) is 0 Å². The molecule has 2 aromatic carbocycles. The summed E-state index contributed by atoms with van der Waals surface area (Å²) in [6, 6.07) is 16.2. The standard InChI is InChI=1S/C20H20N4O3S/c1-13(25)21-15-7-9-16(10-8-15)22-19(27)12-28-20-23-17(11-18(26)24-20)14-5-3-2-4-6-14/h2-10,17H,11-12H2,1H3,(H,21,25)(H,22,27)(H,23,24,26)/t17-/m0/s1. The van der Waals surface area contributed by atoms with E-state index < -0.39 is 0 Å². The molecule has 0 saturated carbocycles. The minimum absolute atomic E-state index is 0.111. The Morgan fingerprint density at radius 2 is 1.71 bits per heavy atom.